The number of hydrogen-bond acceptors (Lipinski definition) is 6. The third-order valence-corrected chi connectivity index (χ3v) is 6.22. The summed E-state index contributed by atoms with van der Waals surface area (Å²) in [6, 6.07) is 20.9. The Balaban J connectivity index is 1.42. The van der Waals surface area contributed by atoms with Crippen LogP contribution in [0.3, 0.4) is 0 Å². The van der Waals surface area contributed by atoms with Crippen molar-refractivity contribution in [3.05, 3.63) is 84.7 Å². The van der Waals surface area contributed by atoms with Gasteiger partial charge in [0.2, 0.25) is 5.95 Å². The fraction of sp³-hybridized carbons (Fsp3) is 0.125. The molecule has 0 bridgehead atoms. The number of carbonyl (C=O) groups is 1. The predicted octanol–water partition coefficient (Wildman–Crippen LogP) is 4.15. The van der Waals surface area contributed by atoms with E-state index < -0.39 is 16.1 Å². The second kappa shape index (κ2) is 9.25. The lowest BCUT2D eigenvalue weighted by Crippen LogP contribution is -2.30. The van der Waals surface area contributed by atoms with Crippen molar-refractivity contribution in [1.29, 1.82) is 0 Å². The van der Waals surface area contributed by atoms with Crippen LogP contribution in [0.1, 0.15) is 12.6 Å². The summed E-state index contributed by atoms with van der Waals surface area (Å²) in [7, 11) is -3.87. The molecule has 168 valence electrons. The Morgan fingerprint density at radius 3 is 2.45 bits per heavy atom. The monoisotopic (exact) mass is 462 g/mol. The molecule has 1 atom stereocenters. The first kappa shape index (κ1) is 22.2. The van der Waals surface area contributed by atoms with Gasteiger partial charge in [0.1, 0.15) is 5.75 Å². The topological polar surface area (TPSA) is 110 Å². The van der Waals surface area contributed by atoms with Crippen molar-refractivity contribution in [3.63, 3.8) is 0 Å². The molecule has 1 amide bonds. The molecule has 0 fully saturated rings. The average molecular weight is 463 g/mol. The number of amides is 1. The number of anilines is 2. The molecule has 2 N–H and O–H groups in total. The minimum atomic E-state index is -3.87. The Hall–Kier alpha value is -3.98. The van der Waals surface area contributed by atoms with Gasteiger partial charge in [0.05, 0.1) is 4.90 Å². The number of benzene rings is 3. The van der Waals surface area contributed by atoms with Gasteiger partial charge in [-0.1, -0.05) is 36.4 Å². The first-order valence-corrected chi connectivity index (χ1v) is 11.7. The third-order valence-electron chi connectivity index (χ3n) is 4.88. The average Bonchev–Trinajstić information content (AvgIpc) is 2.79. The fourth-order valence-electron chi connectivity index (χ4n) is 3.18. The van der Waals surface area contributed by atoms with E-state index in [-0.39, 0.29) is 16.8 Å². The van der Waals surface area contributed by atoms with E-state index >= 15 is 0 Å². The third kappa shape index (κ3) is 5.27. The van der Waals surface area contributed by atoms with Crippen molar-refractivity contribution in [2.24, 2.45) is 0 Å². The molecule has 0 saturated carbocycles. The highest BCUT2D eigenvalue weighted by atomic mass is 32.2. The van der Waals surface area contributed by atoms with Crippen molar-refractivity contribution < 1.29 is 17.9 Å². The maximum absolute atomic E-state index is 12.6. The summed E-state index contributed by atoms with van der Waals surface area (Å²) in [5, 5.41) is 4.68. The summed E-state index contributed by atoms with van der Waals surface area (Å²) in [5.74, 6) is 0.248. The van der Waals surface area contributed by atoms with Gasteiger partial charge in [0.25, 0.3) is 15.9 Å². The number of carbonyl (C=O) groups excluding carboxylic acids is 1. The quantitative estimate of drug-likeness (QED) is 0.427. The van der Waals surface area contributed by atoms with E-state index in [9.17, 15) is 13.2 Å². The summed E-state index contributed by atoms with van der Waals surface area (Å²) < 4.78 is 33.4. The minimum absolute atomic E-state index is 0.00760. The Morgan fingerprint density at radius 2 is 1.70 bits per heavy atom. The lowest BCUT2D eigenvalue weighted by atomic mass is 10.1. The van der Waals surface area contributed by atoms with Crippen molar-refractivity contribution in [3.8, 4) is 5.75 Å². The Morgan fingerprint density at radius 1 is 0.970 bits per heavy atom. The number of nitrogens with one attached hydrogen (secondary N) is 2. The van der Waals surface area contributed by atoms with Gasteiger partial charge < -0.3 is 10.1 Å². The first-order valence-electron chi connectivity index (χ1n) is 10.2. The van der Waals surface area contributed by atoms with Gasteiger partial charge in [-0.3, -0.25) is 4.79 Å². The highest BCUT2D eigenvalue weighted by Crippen LogP contribution is 2.26. The van der Waals surface area contributed by atoms with Gasteiger partial charge in [0, 0.05) is 23.0 Å². The van der Waals surface area contributed by atoms with Gasteiger partial charge in [-0.15, -0.1) is 0 Å². The number of rotatable bonds is 7. The van der Waals surface area contributed by atoms with Crippen LogP contribution in [0.2, 0.25) is 0 Å². The van der Waals surface area contributed by atoms with E-state index in [0.717, 1.165) is 10.8 Å². The molecule has 0 unspecified atom stereocenters. The second-order valence-electron chi connectivity index (χ2n) is 7.38. The molecular formula is C24H22N4O4S. The zero-order chi connectivity index (χ0) is 23.4. The van der Waals surface area contributed by atoms with E-state index in [1.807, 2.05) is 42.5 Å². The highest BCUT2D eigenvalue weighted by Gasteiger charge is 2.18. The molecule has 9 heteroatoms. The maximum atomic E-state index is 12.6. The van der Waals surface area contributed by atoms with Crippen LogP contribution < -0.4 is 14.8 Å². The van der Waals surface area contributed by atoms with Crippen molar-refractivity contribution in [2.45, 2.75) is 24.8 Å². The van der Waals surface area contributed by atoms with E-state index in [1.54, 1.807) is 19.9 Å². The Bertz CT molecular complexity index is 1400. The van der Waals surface area contributed by atoms with Crippen LogP contribution in [-0.4, -0.2) is 30.4 Å². The van der Waals surface area contributed by atoms with Crippen LogP contribution >= 0.6 is 0 Å². The van der Waals surface area contributed by atoms with Crippen LogP contribution in [0.25, 0.3) is 10.8 Å². The normalized spacial score (nSPS) is 12.2. The van der Waals surface area contributed by atoms with E-state index in [1.165, 1.54) is 30.5 Å². The van der Waals surface area contributed by atoms with E-state index in [4.69, 9.17) is 4.74 Å². The van der Waals surface area contributed by atoms with Crippen LogP contribution in [0.15, 0.2) is 83.9 Å². The summed E-state index contributed by atoms with van der Waals surface area (Å²) in [5.41, 5.74) is 1.08. The Labute approximate surface area is 191 Å². The van der Waals surface area contributed by atoms with Crippen LogP contribution in [0.4, 0.5) is 11.6 Å². The molecule has 0 aliphatic heterocycles. The van der Waals surface area contributed by atoms with Gasteiger partial charge >= 0.3 is 0 Å². The molecule has 33 heavy (non-hydrogen) atoms. The smallest absolute Gasteiger partial charge is 0.265 e. The van der Waals surface area contributed by atoms with E-state index in [2.05, 4.69) is 20.0 Å². The lowest BCUT2D eigenvalue weighted by molar-refractivity contribution is -0.122. The molecule has 0 radical (unpaired) electrons. The largest absolute Gasteiger partial charge is 0.480 e. The predicted molar refractivity (Wildman–Crippen MR) is 127 cm³/mol. The molecule has 1 aromatic heterocycles. The zero-order valence-corrected chi connectivity index (χ0v) is 18.8. The molecule has 3 aromatic carbocycles. The summed E-state index contributed by atoms with van der Waals surface area (Å²) in [4.78, 5) is 20.6. The number of aryl methyl sites for hydroxylation is 1. The van der Waals surface area contributed by atoms with E-state index in [0.29, 0.717) is 17.1 Å². The molecular weight excluding hydrogens is 440 g/mol. The van der Waals surface area contributed by atoms with Crippen LogP contribution in [0, 0.1) is 6.92 Å². The number of fused-ring (bicyclic) bond motifs is 1. The molecule has 0 spiro atoms. The van der Waals surface area contributed by atoms with Gasteiger partial charge in [-0.25, -0.2) is 23.1 Å². The van der Waals surface area contributed by atoms with Gasteiger partial charge in [-0.2, -0.15) is 0 Å². The molecule has 0 saturated heterocycles. The standard InChI is InChI=1S/C24H22N4O4S/c1-16-14-15-25-24(26-16)28-33(30,31)20-12-10-19(11-13-20)27-23(29)17(2)32-22-9-5-7-18-6-3-4-8-21(18)22/h3-15,17H,1-2H3,(H,27,29)(H,25,26,28)/t17-/m1/s1. The number of hydrogen-bond donors (Lipinski definition) is 2. The van der Waals surface area contributed by atoms with Crippen molar-refractivity contribution in [2.75, 3.05) is 10.0 Å². The summed E-state index contributed by atoms with van der Waals surface area (Å²) >= 11 is 0. The molecule has 0 aliphatic carbocycles. The molecule has 4 rings (SSSR count). The maximum Gasteiger partial charge on any atom is 0.265 e. The second-order valence-corrected chi connectivity index (χ2v) is 9.06. The summed E-state index contributed by atoms with van der Waals surface area (Å²) in [6.45, 7) is 3.39. The lowest BCUT2D eigenvalue weighted by Gasteiger charge is -2.16. The molecule has 8 nitrogen and oxygen atoms in total. The SMILES string of the molecule is Cc1ccnc(NS(=O)(=O)c2ccc(NC(=O)[C@@H](C)Oc3cccc4ccccc34)cc2)n1. The molecule has 4 aromatic rings. The highest BCUT2D eigenvalue weighted by molar-refractivity contribution is 7.92. The number of aromatic nitrogens is 2. The zero-order valence-electron chi connectivity index (χ0n) is 18.0. The number of nitrogens with zero attached hydrogens (tertiary/aromatic N) is 2. The minimum Gasteiger partial charge on any atom is -0.480 e. The van der Waals surface area contributed by atoms with Gasteiger partial charge in [0.15, 0.2) is 6.10 Å². The molecule has 0 aliphatic rings. The Kier molecular flexibility index (Phi) is 6.23. The van der Waals surface area contributed by atoms with Gasteiger partial charge in [-0.05, 0) is 55.6 Å². The van der Waals surface area contributed by atoms with Crippen molar-refractivity contribution >= 4 is 38.3 Å². The number of ether oxygens (including phenoxy) is 1. The number of sulfonamides is 1. The summed E-state index contributed by atoms with van der Waals surface area (Å²) in [6.07, 6.45) is 0.708. The van der Waals surface area contributed by atoms with Crippen LogP contribution in [0.5, 0.6) is 5.75 Å². The first-order chi connectivity index (χ1) is 15.8. The van der Waals surface area contributed by atoms with Crippen LogP contribution in [-0.2, 0) is 14.8 Å². The van der Waals surface area contributed by atoms with Crippen molar-refractivity contribution in [1.82, 2.24) is 9.97 Å². The fourth-order valence-corrected chi connectivity index (χ4v) is 4.13. The molecule has 1 heterocycles.